The highest BCUT2D eigenvalue weighted by Gasteiger charge is 2.16. The minimum absolute atomic E-state index is 0.0214. The lowest BCUT2D eigenvalue weighted by molar-refractivity contribution is 0.0697. The summed E-state index contributed by atoms with van der Waals surface area (Å²) in [5.74, 6) is -1.72. The van der Waals surface area contributed by atoms with E-state index in [4.69, 9.17) is 5.11 Å². The van der Waals surface area contributed by atoms with Gasteiger partial charge in [0.25, 0.3) is 0 Å². The number of anilines is 1. The van der Waals surface area contributed by atoms with Crippen LogP contribution in [0.3, 0.4) is 0 Å². The number of hydrogen-bond acceptors (Lipinski definition) is 2. The van der Waals surface area contributed by atoms with Crippen LogP contribution in [0.5, 0.6) is 0 Å². The van der Waals surface area contributed by atoms with Crippen molar-refractivity contribution in [2.24, 2.45) is 0 Å². The van der Waals surface area contributed by atoms with Crippen molar-refractivity contribution in [3.8, 4) is 0 Å². The maximum absolute atomic E-state index is 13.8. The third kappa shape index (κ3) is 2.96. The SMILES string of the molecule is Cc1ccc(C(C)Nc2c(F)cccc2C(=O)O)cc1. The molecule has 0 fully saturated rings. The molecule has 4 heteroatoms. The second-order valence-corrected chi connectivity index (χ2v) is 4.74. The molecule has 0 saturated heterocycles. The lowest BCUT2D eigenvalue weighted by Crippen LogP contribution is -2.12. The number of halogens is 1. The van der Waals surface area contributed by atoms with E-state index in [1.807, 2.05) is 38.1 Å². The molecule has 1 unspecified atom stereocenters. The summed E-state index contributed by atoms with van der Waals surface area (Å²) >= 11 is 0. The molecule has 104 valence electrons. The lowest BCUT2D eigenvalue weighted by Gasteiger charge is -2.18. The molecule has 0 spiro atoms. The van der Waals surface area contributed by atoms with Gasteiger partial charge in [-0.15, -0.1) is 0 Å². The van der Waals surface area contributed by atoms with Crippen molar-refractivity contribution in [1.82, 2.24) is 0 Å². The Morgan fingerprint density at radius 1 is 1.20 bits per heavy atom. The highest BCUT2D eigenvalue weighted by Crippen LogP contribution is 2.25. The molecule has 0 aliphatic carbocycles. The molecule has 0 heterocycles. The first-order valence-corrected chi connectivity index (χ1v) is 6.34. The summed E-state index contributed by atoms with van der Waals surface area (Å²) in [4.78, 5) is 11.1. The highest BCUT2D eigenvalue weighted by molar-refractivity contribution is 5.94. The van der Waals surface area contributed by atoms with Crippen molar-refractivity contribution >= 4 is 11.7 Å². The van der Waals surface area contributed by atoms with Crippen molar-refractivity contribution in [2.45, 2.75) is 19.9 Å². The number of aryl methyl sites for hydroxylation is 1. The molecular weight excluding hydrogens is 257 g/mol. The van der Waals surface area contributed by atoms with Crippen LogP contribution < -0.4 is 5.32 Å². The van der Waals surface area contributed by atoms with Gasteiger partial charge >= 0.3 is 5.97 Å². The van der Waals surface area contributed by atoms with Crippen LogP contribution in [0.2, 0.25) is 0 Å². The normalized spacial score (nSPS) is 11.9. The van der Waals surface area contributed by atoms with E-state index in [1.165, 1.54) is 18.2 Å². The van der Waals surface area contributed by atoms with Crippen LogP contribution in [0, 0.1) is 12.7 Å². The van der Waals surface area contributed by atoms with Gasteiger partial charge in [-0.1, -0.05) is 35.9 Å². The number of benzene rings is 2. The van der Waals surface area contributed by atoms with Gasteiger partial charge in [0.1, 0.15) is 5.82 Å². The number of carbonyl (C=O) groups is 1. The Kier molecular flexibility index (Phi) is 4.03. The molecule has 0 aliphatic heterocycles. The molecule has 0 aliphatic rings. The third-order valence-corrected chi connectivity index (χ3v) is 3.18. The van der Waals surface area contributed by atoms with Crippen molar-refractivity contribution in [2.75, 3.05) is 5.32 Å². The Morgan fingerprint density at radius 3 is 2.45 bits per heavy atom. The monoisotopic (exact) mass is 273 g/mol. The molecule has 2 N–H and O–H groups in total. The lowest BCUT2D eigenvalue weighted by atomic mass is 10.1. The number of aromatic carboxylic acids is 1. The van der Waals surface area contributed by atoms with E-state index in [1.54, 1.807) is 0 Å². The molecule has 2 rings (SSSR count). The summed E-state index contributed by atoms with van der Waals surface area (Å²) in [6, 6.07) is 11.6. The zero-order valence-corrected chi connectivity index (χ0v) is 11.4. The minimum atomic E-state index is -1.15. The van der Waals surface area contributed by atoms with Gasteiger partial charge in [0.05, 0.1) is 11.3 Å². The predicted octanol–water partition coefficient (Wildman–Crippen LogP) is 4.01. The molecular formula is C16H16FNO2. The molecule has 1 atom stereocenters. The van der Waals surface area contributed by atoms with Gasteiger partial charge < -0.3 is 10.4 Å². The summed E-state index contributed by atoms with van der Waals surface area (Å²) in [5.41, 5.74) is 2.06. The number of carboxylic acids is 1. The summed E-state index contributed by atoms with van der Waals surface area (Å²) in [6.07, 6.45) is 0. The van der Waals surface area contributed by atoms with Crippen molar-refractivity contribution < 1.29 is 14.3 Å². The standard InChI is InChI=1S/C16H16FNO2/c1-10-6-8-12(9-7-10)11(2)18-15-13(16(19)20)4-3-5-14(15)17/h3-9,11,18H,1-2H3,(H,19,20). The van der Waals surface area contributed by atoms with Crippen LogP contribution in [-0.4, -0.2) is 11.1 Å². The average Bonchev–Trinajstić information content (AvgIpc) is 2.41. The van der Waals surface area contributed by atoms with Crippen molar-refractivity contribution in [1.29, 1.82) is 0 Å². The molecule has 0 bridgehead atoms. The quantitative estimate of drug-likeness (QED) is 0.885. The Labute approximate surface area is 117 Å². The summed E-state index contributed by atoms with van der Waals surface area (Å²) in [5, 5.41) is 12.0. The third-order valence-electron chi connectivity index (χ3n) is 3.18. The van der Waals surface area contributed by atoms with E-state index in [-0.39, 0.29) is 17.3 Å². The van der Waals surface area contributed by atoms with Gasteiger partial charge in [0, 0.05) is 6.04 Å². The average molecular weight is 273 g/mol. The molecule has 0 saturated carbocycles. The van der Waals surface area contributed by atoms with E-state index in [9.17, 15) is 9.18 Å². The molecule has 2 aromatic rings. The fourth-order valence-corrected chi connectivity index (χ4v) is 2.00. The Bertz CT molecular complexity index is 623. The zero-order chi connectivity index (χ0) is 14.7. The van der Waals surface area contributed by atoms with Gasteiger partial charge in [-0.05, 0) is 31.5 Å². The van der Waals surface area contributed by atoms with Gasteiger partial charge in [-0.2, -0.15) is 0 Å². The fourth-order valence-electron chi connectivity index (χ4n) is 2.00. The topological polar surface area (TPSA) is 49.3 Å². The smallest absolute Gasteiger partial charge is 0.337 e. The van der Waals surface area contributed by atoms with E-state index < -0.39 is 11.8 Å². The summed E-state index contributed by atoms with van der Waals surface area (Å²) in [7, 11) is 0. The summed E-state index contributed by atoms with van der Waals surface area (Å²) in [6.45, 7) is 3.85. The Morgan fingerprint density at radius 2 is 1.85 bits per heavy atom. The van der Waals surface area contributed by atoms with Crippen LogP contribution in [-0.2, 0) is 0 Å². The predicted molar refractivity (Wildman–Crippen MR) is 76.6 cm³/mol. The molecule has 20 heavy (non-hydrogen) atoms. The van der Waals surface area contributed by atoms with Crippen LogP contribution in [0.1, 0.15) is 34.5 Å². The van der Waals surface area contributed by atoms with Crippen LogP contribution in [0.15, 0.2) is 42.5 Å². The molecule has 3 nitrogen and oxygen atoms in total. The first kappa shape index (κ1) is 14.1. The number of rotatable bonds is 4. The first-order valence-electron chi connectivity index (χ1n) is 6.34. The van der Waals surface area contributed by atoms with E-state index >= 15 is 0 Å². The number of para-hydroxylation sites is 1. The molecule has 0 amide bonds. The van der Waals surface area contributed by atoms with E-state index in [0.29, 0.717) is 0 Å². The van der Waals surface area contributed by atoms with E-state index in [0.717, 1.165) is 11.1 Å². The molecule has 0 aromatic heterocycles. The second-order valence-electron chi connectivity index (χ2n) is 4.74. The number of carboxylic acid groups (broad SMARTS) is 1. The van der Waals surface area contributed by atoms with Crippen molar-refractivity contribution in [3.05, 3.63) is 65.0 Å². The Balaban J connectivity index is 2.30. The second kappa shape index (κ2) is 5.74. The van der Waals surface area contributed by atoms with Crippen molar-refractivity contribution in [3.63, 3.8) is 0 Å². The molecule has 2 aromatic carbocycles. The highest BCUT2D eigenvalue weighted by atomic mass is 19.1. The number of hydrogen-bond donors (Lipinski definition) is 2. The zero-order valence-electron chi connectivity index (χ0n) is 11.4. The van der Waals surface area contributed by atoms with Gasteiger partial charge in [0.15, 0.2) is 0 Å². The van der Waals surface area contributed by atoms with Gasteiger partial charge in [-0.25, -0.2) is 9.18 Å². The first-order chi connectivity index (χ1) is 9.49. The summed E-state index contributed by atoms with van der Waals surface area (Å²) < 4.78 is 13.8. The molecule has 0 radical (unpaired) electrons. The van der Waals surface area contributed by atoms with E-state index in [2.05, 4.69) is 5.32 Å². The van der Waals surface area contributed by atoms with Crippen LogP contribution >= 0.6 is 0 Å². The van der Waals surface area contributed by atoms with Gasteiger partial charge in [0.2, 0.25) is 0 Å². The van der Waals surface area contributed by atoms with Crippen LogP contribution in [0.25, 0.3) is 0 Å². The maximum atomic E-state index is 13.8. The maximum Gasteiger partial charge on any atom is 0.337 e. The fraction of sp³-hybridized carbons (Fsp3) is 0.188. The van der Waals surface area contributed by atoms with Gasteiger partial charge in [-0.3, -0.25) is 0 Å². The Hall–Kier alpha value is -2.36. The van der Waals surface area contributed by atoms with Crippen LogP contribution in [0.4, 0.5) is 10.1 Å². The minimum Gasteiger partial charge on any atom is -0.478 e. The number of nitrogens with one attached hydrogen (secondary N) is 1. The largest absolute Gasteiger partial charge is 0.478 e.